The molecule has 0 bridgehead atoms. The number of halogens is 1. The minimum absolute atomic E-state index is 0.0797. The average Bonchev–Trinajstić information content (AvgIpc) is 2.95. The molecule has 0 radical (unpaired) electrons. The van der Waals surface area contributed by atoms with E-state index in [1.807, 2.05) is 24.5 Å². The van der Waals surface area contributed by atoms with E-state index in [4.69, 9.17) is 21.1 Å². The molecule has 0 atom stereocenters. The second kappa shape index (κ2) is 9.43. The van der Waals surface area contributed by atoms with Crippen LogP contribution in [0.25, 0.3) is 0 Å². The molecule has 3 heterocycles. The minimum Gasteiger partial charge on any atom is -0.490 e. The maximum Gasteiger partial charge on any atom is 0.238 e. The van der Waals surface area contributed by atoms with Crippen LogP contribution in [-0.4, -0.2) is 66.6 Å². The number of amides is 1. The number of pyridine rings is 1. The van der Waals surface area contributed by atoms with Gasteiger partial charge in [-0.1, -0.05) is 11.6 Å². The highest BCUT2D eigenvalue weighted by atomic mass is 35.5. The summed E-state index contributed by atoms with van der Waals surface area (Å²) in [5.74, 6) is 1.16. The molecule has 0 aliphatic carbocycles. The van der Waals surface area contributed by atoms with Gasteiger partial charge in [0.15, 0.2) is 11.5 Å². The number of aromatic nitrogens is 1. The van der Waals surface area contributed by atoms with Crippen molar-refractivity contribution in [1.29, 1.82) is 0 Å². The third-order valence-corrected chi connectivity index (χ3v) is 5.41. The van der Waals surface area contributed by atoms with Gasteiger partial charge in [0.1, 0.15) is 0 Å². The van der Waals surface area contributed by atoms with E-state index < -0.39 is 0 Å². The lowest BCUT2D eigenvalue weighted by Crippen LogP contribution is -2.48. The van der Waals surface area contributed by atoms with Gasteiger partial charge in [0.2, 0.25) is 5.91 Å². The third-order valence-electron chi connectivity index (χ3n) is 5.10. The fourth-order valence-electron chi connectivity index (χ4n) is 3.52. The van der Waals surface area contributed by atoms with Gasteiger partial charge in [0.25, 0.3) is 0 Å². The molecular weight excluding hydrogens is 392 g/mol. The van der Waals surface area contributed by atoms with Crippen LogP contribution < -0.4 is 14.8 Å². The lowest BCUT2D eigenvalue weighted by atomic mass is 10.2. The molecule has 8 heteroatoms. The molecule has 1 saturated heterocycles. The second-order valence-electron chi connectivity index (χ2n) is 7.29. The number of benzene rings is 1. The van der Waals surface area contributed by atoms with Crippen molar-refractivity contribution >= 4 is 23.2 Å². The van der Waals surface area contributed by atoms with Gasteiger partial charge in [-0.2, -0.15) is 0 Å². The molecule has 0 saturated carbocycles. The number of piperazine rings is 1. The van der Waals surface area contributed by atoms with Gasteiger partial charge < -0.3 is 14.8 Å². The molecule has 29 heavy (non-hydrogen) atoms. The number of anilines is 1. The van der Waals surface area contributed by atoms with Crippen LogP contribution in [0.4, 0.5) is 5.69 Å². The molecule has 4 rings (SSSR count). The van der Waals surface area contributed by atoms with Crippen molar-refractivity contribution in [2.45, 2.75) is 13.0 Å². The standard InChI is InChI=1S/C21H25ClN4O3/c22-17-12-19-20(29-11-1-10-28-19)13-18(17)24-21(27)15-26-8-6-25(7-9-26)14-16-2-4-23-5-3-16/h2-5,12-13H,1,6-11,14-15H2,(H,24,27). The summed E-state index contributed by atoms with van der Waals surface area (Å²) in [6.45, 7) is 6.01. The quantitative estimate of drug-likeness (QED) is 0.808. The zero-order chi connectivity index (χ0) is 20.1. The molecule has 7 nitrogen and oxygen atoms in total. The summed E-state index contributed by atoms with van der Waals surface area (Å²) in [7, 11) is 0. The Morgan fingerprint density at radius 1 is 1.03 bits per heavy atom. The molecule has 154 valence electrons. The number of ether oxygens (including phenoxy) is 2. The minimum atomic E-state index is -0.0797. The predicted molar refractivity (Wildman–Crippen MR) is 112 cm³/mol. The fourth-order valence-corrected chi connectivity index (χ4v) is 3.73. The van der Waals surface area contributed by atoms with Gasteiger partial charge in [0.05, 0.1) is 30.5 Å². The molecule has 2 aliphatic heterocycles. The first kappa shape index (κ1) is 19.9. The number of nitrogens with one attached hydrogen (secondary N) is 1. The highest BCUT2D eigenvalue weighted by Crippen LogP contribution is 2.37. The zero-order valence-electron chi connectivity index (χ0n) is 16.3. The molecule has 1 N–H and O–H groups in total. The first-order chi connectivity index (χ1) is 14.2. The second-order valence-corrected chi connectivity index (χ2v) is 7.69. The Labute approximate surface area is 175 Å². The summed E-state index contributed by atoms with van der Waals surface area (Å²) in [6.07, 6.45) is 4.46. The zero-order valence-corrected chi connectivity index (χ0v) is 17.0. The van der Waals surface area contributed by atoms with Gasteiger partial charge in [-0.25, -0.2) is 0 Å². The van der Waals surface area contributed by atoms with Crippen LogP contribution in [-0.2, 0) is 11.3 Å². The number of hydrogen-bond acceptors (Lipinski definition) is 6. The Morgan fingerprint density at radius 2 is 1.69 bits per heavy atom. The molecule has 2 aliphatic rings. The average molecular weight is 417 g/mol. The van der Waals surface area contributed by atoms with Crippen LogP contribution in [0.5, 0.6) is 11.5 Å². The van der Waals surface area contributed by atoms with E-state index in [-0.39, 0.29) is 5.91 Å². The van der Waals surface area contributed by atoms with Crippen LogP contribution in [0.3, 0.4) is 0 Å². The summed E-state index contributed by atoms with van der Waals surface area (Å²) in [5.41, 5.74) is 1.81. The number of hydrogen-bond donors (Lipinski definition) is 1. The summed E-state index contributed by atoms with van der Waals surface area (Å²) in [4.78, 5) is 21.1. The van der Waals surface area contributed by atoms with Crippen LogP contribution in [0, 0.1) is 0 Å². The summed E-state index contributed by atoms with van der Waals surface area (Å²) < 4.78 is 11.3. The summed E-state index contributed by atoms with van der Waals surface area (Å²) >= 11 is 6.32. The monoisotopic (exact) mass is 416 g/mol. The van der Waals surface area contributed by atoms with E-state index in [9.17, 15) is 4.79 Å². The third kappa shape index (κ3) is 5.38. The maximum atomic E-state index is 12.5. The van der Waals surface area contributed by atoms with Gasteiger partial charge in [-0.15, -0.1) is 0 Å². The Kier molecular flexibility index (Phi) is 6.49. The smallest absolute Gasteiger partial charge is 0.238 e. The van der Waals surface area contributed by atoms with E-state index >= 15 is 0 Å². The van der Waals surface area contributed by atoms with Crippen LogP contribution >= 0.6 is 11.6 Å². The largest absolute Gasteiger partial charge is 0.490 e. The van der Waals surface area contributed by atoms with E-state index in [1.54, 1.807) is 12.1 Å². The summed E-state index contributed by atoms with van der Waals surface area (Å²) in [6, 6.07) is 7.53. The fraction of sp³-hybridized carbons (Fsp3) is 0.429. The van der Waals surface area contributed by atoms with Crippen molar-refractivity contribution in [3.05, 3.63) is 47.2 Å². The SMILES string of the molecule is O=C(CN1CCN(Cc2ccncc2)CC1)Nc1cc2c(cc1Cl)OCCCO2. The first-order valence-electron chi connectivity index (χ1n) is 9.90. The number of rotatable bonds is 5. The number of carbonyl (C=O) groups excluding carboxylic acids is 1. The maximum absolute atomic E-state index is 12.5. The van der Waals surface area contributed by atoms with Crippen molar-refractivity contribution < 1.29 is 14.3 Å². The number of carbonyl (C=O) groups is 1. The molecule has 2 aromatic rings. The van der Waals surface area contributed by atoms with E-state index in [0.29, 0.717) is 42.0 Å². The molecule has 1 aromatic carbocycles. The molecule has 0 spiro atoms. The highest BCUT2D eigenvalue weighted by molar-refractivity contribution is 6.34. The number of fused-ring (bicyclic) bond motifs is 1. The van der Waals surface area contributed by atoms with Gasteiger partial charge in [0, 0.05) is 63.7 Å². The van der Waals surface area contributed by atoms with Crippen molar-refractivity contribution in [2.75, 3.05) is 51.3 Å². The van der Waals surface area contributed by atoms with E-state index in [0.717, 1.165) is 39.1 Å². The Hall–Kier alpha value is -2.35. The summed E-state index contributed by atoms with van der Waals surface area (Å²) in [5, 5.41) is 3.36. The van der Waals surface area contributed by atoms with Gasteiger partial charge >= 0.3 is 0 Å². The Bertz CT molecular complexity index is 841. The van der Waals surface area contributed by atoms with Crippen LogP contribution in [0.15, 0.2) is 36.7 Å². The first-order valence-corrected chi connectivity index (χ1v) is 10.3. The molecule has 1 aromatic heterocycles. The molecule has 0 unspecified atom stereocenters. The van der Waals surface area contributed by atoms with Crippen molar-refractivity contribution in [2.24, 2.45) is 0 Å². The van der Waals surface area contributed by atoms with E-state index in [1.165, 1.54) is 5.56 Å². The lowest BCUT2D eigenvalue weighted by Gasteiger charge is -2.34. The highest BCUT2D eigenvalue weighted by Gasteiger charge is 2.20. The molecule has 1 amide bonds. The van der Waals surface area contributed by atoms with E-state index in [2.05, 4.69) is 20.1 Å². The van der Waals surface area contributed by atoms with Crippen LogP contribution in [0.1, 0.15) is 12.0 Å². The Balaban J connectivity index is 1.28. The normalized spacial score (nSPS) is 17.6. The van der Waals surface area contributed by atoms with Crippen LogP contribution in [0.2, 0.25) is 5.02 Å². The van der Waals surface area contributed by atoms with Gasteiger partial charge in [-0.3, -0.25) is 19.6 Å². The Morgan fingerprint density at radius 3 is 2.41 bits per heavy atom. The number of nitrogens with zero attached hydrogens (tertiary/aromatic N) is 3. The lowest BCUT2D eigenvalue weighted by molar-refractivity contribution is -0.117. The molecular formula is C21H25ClN4O3. The van der Waals surface area contributed by atoms with Crippen molar-refractivity contribution in [1.82, 2.24) is 14.8 Å². The topological polar surface area (TPSA) is 66.9 Å². The van der Waals surface area contributed by atoms with Crippen molar-refractivity contribution in [3.63, 3.8) is 0 Å². The van der Waals surface area contributed by atoms with Gasteiger partial charge in [-0.05, 0) is 17.7 Å². The predicted octanol–water partition coefficient (Wildman–Crippen LogP) is 2.65. The molecule has 1 fully saturated rings. The van der Waals surface area contributed by atoms with Crippen molar-refractivity contribution in [3.8, 4) is 11.5 Å².